The van der Waals surface area contributed by atoms with Crippen LogP contribution in [-0.2, 0) is 4.74 Å². The number of alkyl carbamates (subject to hydrolysis) is 1. The summed E-state index contributed by atoms with van der Waals surface area (Å²) in [5.41, 5.74) is 0.965. The Hall–Kier alpha value is -1.26. The molecule has 1 aliphatic heterocycles. The number of hydrogen-bond acceptors (Lipinski definition) is 3. The Labute approximate surface area is 137 Å². The van der Waals surface area contributed by atoms with Crippen molar-refractivity contribution in [2.75, 3.05) is 19.6 Å². The highest BCUT2D eigenvalue weighted by molar-refractivity contribution is 6.30. The summed E-state index contributed by atoms with van der Waals surface area (Å²) in [6.45, 7) is 4.64. The van der Waals surface area contributed by atoms with E-state index in [9.17, 15) is 4.79 Å². The average molecular weight is 325 g/mol. The molecule has 1 fully saturated rings. The number of hydrogen-bond donors (Lipinski definition) is 2. The van der Waals surface area contributed by atoms with Crippen molar-refractivity contribution in [1.29, 1.82) is 0 Å². The Morgan fingerprint density at radius 1 is 1.55 bits per heavy atom. The summed E-state index contributed by atoms with van der Waals surface area (Å²) >= 11 is 6.10. The zero-order chi connectivity index (χ0) is 15.8. The molecule has 0 spiro atoms. The molecule has 2 unspecified atom stereocenters. The molecule has 0 aromatic heterocycles. The number of halogens is 1. The van der Waals surface area contributed by atoms with Crippen LogP contribution < -0.4 is 10.6 Å². The second-order valence-electron chi connectivity index (χ2n) is 5.77. The van der Waals surface area contributed by atoms with Crippen LogP contribution >= 0.6 is 11.6 Å². The summed E-state index contributed by atoms with van der Waals surface area (Å²) in [6, 6.07) is 7.60. The van der Waals surface area contributed by atoms with Crippen LogP contribution in [0.1, 0.15) is 44.3 Å². The van der Waals surface area contributed by atoms with Gasteiger partial charge < -0.3 is 15.4 Å². The number of piperidine rings is 1. The Balaban J connectivity index is 2.05. The van der Waals surface area contributed by atoms with E-state index in [0.29, 0.717) is 11.6 Å². The lowest BCUT2D eigenvalue weighted by Gasteiger charge is -2.30. The molecule has 2 rings (SSSR count). The third kappa shape index (κ3) is 5.18. The molecule has 1 amide bonds. The van der Waals surface area contributed by atoms with Crippen LogP contribution in [0.25, 0.3) is 0 Å². The van der Waals surface area contributed by atoms with E-state index < -0.39 is 0 Å². The van der Waals surface area contributed by atoms with Gasteiger partial charge in [0.25, 0.3) is 0 Å². The van der Waals surface area contributed by atoms with Gasteiger partial charge in [-0.05, 0) is 43.5 Å². The van der Waals surface area contributed by atoms with Crippen LogP contribution in [0.5, 0.6) is 0 Å². The molecule has 0 radical (unpaired) electrons. The standard InChI is InChI=1S/C17H25ClN2O2/c1-2-3-10-20-17(21)22-16(14-7-5-9-19-12-14)13-6-4-8-15(18)11-13/h4,6,8,11,14,16,19H,2-3,5,7,9-10,12H2,1H3,(H,20,21). The summed E-state index contributed by atoms with van der Waals surface area (Å²) in [7, 11) is 0. The zero-order valence-corrected chi connectivity index (χ0v) is 13.9. The molecule has 1 heterocycles. The van der Waals surface area contributed by atoms with E-state index in [-0.39, 0.29) is 18.1 Å². The molecule has 2 atom stereocenters. The molecular weight excluding hydrogens is 300 g/mol. The molecule has 22 heavy (non-hydrogen) atoms. The number of rotatable bonds is 6. The molecule has 4 nitrogen and oxygen atoms in total. The van der Waals surface area contributed by atoms with Crippen LogP contribution in [-0.4, -0.2) is 25.7 Å². The first-order valence-electron chi connectivity index (χ1n) is 8.11. The van der Waals surface area contributed by atoms with E-state index in [1.165, 1.54) is 0 Å². The maximum absolute atomic E-state index is 12.0. The van der Waals surface area contributed by atoms with Gasteiger partial charge in [-0.3, -0.25) is 0 Å². The Bertz CT molecular complexity index is 475. The lowest BCUT2D eigenvalue weighted by atomic mass is 9.89. The molecule has 1 saturated heterocycles. The number of ether oxygens (including phenoxy) is 1. The molecule has 1 aromatic carbocycles. The van der Waals surface area contributed by atoms with E-state index in [0.717, 1.165) is 44.3 Å². The summed E-state index contributed by atoms with van der Waals surface area (Å²) in [5.74, 6) is 0.282. The minimum absolute atomic E-state index is 0.256. The topological polar surface area (TPSA) is 50.4 Å². The summed E-state index contributed by atoms with van der Waals surface area (Å²) in [4.78, 5) is 12.0. The minimum atomic E-state index is -0.344. The molecule has 0 saturated carbocycles. The minimum Gasteiger partial charge on any atom is -0.441 e. The third-order valence-electron chi connectivity index (χ3n) is 3.97. The fraction of sp³-hybridized carbons (Fsp3) is 0.588. The third-order valence-corrected chi connectivity index (χ3v) is 4.21. The molecule has 1 aliphatic rings. The van der Waals surface area contributed by atoms with E-state index in [1.54, 1.807) is 0 Å². The lowest BCUT2D eigenvalue weighted by Crippen LogP contribution is -2.36. The summed E-state index contributed by atoms with van der Waals surface area (Å²) in [5, 5.41) is 6.87. The van der Waals surface area contributed by atoms with Gasteiger partial charge in [0.15, 0.2) is 0 Å². The fourth-order valence-corrected chi connectivity index (χ4v) is 2.98. The monoisotopic (exact) mass is 324 g/mol. The highest BCUT2D eigenvalue weighted by Crippen LogP contribution is 2.32. The van der Waals surface area contributed by atoms with Crippen LogP contribution in [0, 0.1) is 5.92 Å². The summed E-state index contributed by atoms with van der Waals surface area (Å²) < 4.78 is 5.73. The van der Waals surface area contributed by atoms with Crippen LogP contribution in [0.4, 0.5) is 4.79 Å². The highest BCUT2D eigenvalue weighted by Gasteiger charge is 2.28. The smallest absolute Gasteiger partial charge is 0.407 e. The van der Waals surface area contributed by atoms with Gasteiger partial charge in [0.1, 0.15) is 6.10 Å². The number of nitrogens with one attached hydrogen (secondary N) is 2. The molecular formula is C17H25ClN2O2. The van der Waals surface area contributed by atoms with Gasteiger partial charge in [0.2, 0.25) is 0 Å². The summed E-state index contributed by atoms with van der Waals surface area (Å²) in [6.07, 6.45) is 3.55. The molecule has 0 bridgehead atoms. The maximum Gasteiger partial charge on any atom is 0.407 e. The highest BCUT2D eigenvalue weighted by atomic mass is 35.5. The van der Waals surface area contributed by atoms with Gasteiger partial charge in [-0.15, -0.1) is 0 Å². The molecule has 1 aromatic rings. The predicted molar refractivity (Wildman–Crippen MR) is 89.2 cm³/mol. The first-order chi connectivity index (χ1) is 10.7. The van der Waals surface area contributed by atoms with E-state index in [4.69, 9.17) is 16.3 Å². The van der Waals surface area contributed by atoms with Crippen LogP contribution in [0.3, 0.4) is 0 Å². The average Bonchev–Trinajstić information content (AvgIpc) is 2.54. The van der Waals surface area contributed by atoms with Crippen molar-refractivity contribution in [2.45, 2.75) is 38.7 Å². The van der Waals surface area contributed by atoms with E-state index in [1.807, 2.05) is 24.3 Å². The predicted octanol–water partition coefficient (Wildman–Crippen LogP) is 3.91. The van der Waals surface area contributed by atoms with Crippen molar-refractivity contribution < 1.29 is 9.53 Å². The normalized spacial score (nSPS) is 19.5. The van der Waals surface area contributed by atoms with Crippen molar-refractivity contribution in [1.82, 2.24) is 10.6 Å². The Morgan fingerprint density at radius 3 is 3.09 bits per heavy atom. The van der Waals surface area contributed by atoms with Gasteiger partial charge in [0.05, 0.1) is 0 Å². The van der Waals surface area contributed by atoms with Crippen molar-refractivity contribution >= 4 is 17.7 Å². The largest absolute Gasteiger partial charge is 0.441 e. The number of benzene rings is 1. The SMILES string of the molecule is CCCCNC(=O)OC(c1cccc(Cl)c1)C1CCCNC1. The zero-order valence-electron chi connectivity index (χ0n) is 13.1. The van der Waals surface area contributed by atoms with Crippen molar-refractivity contribution in [3.63, 3.8) is 0 Å². The van der Waals surface area contributed by atoms with Crippen LogP contribution in [0.2, 0.25) is 5.02 Å². The van der Waals surface area contributed by atoms with Gasteiger partial charge in [-0.2, -0.15) is 0 Å². The van der Waals surface area contributed by atoms with E-state index in [2.05, 4.69) is 17.6 Å². The molecule has 2 N–H and O–H groups in total. The second kappa shape index (κ2) is 9.01. The fourth-order valence-electron chi connectivity index (χ4n) is 2.78. The van der Waals surface area contributed by atoms with E-state index >= 15 is 0 Å². The second-order valence-corrected chi connectivity index (χ2v) is 6.20. The lowest BCUT2D eigenvalue weighted by molar-refractivity contribution is 0.0519. The van der Waals surface area contributed by atoms with Crippen molar-refractivity contribution in [3.05, 3.63) is 34.9 Å². The molecule has 122 valence electrons. The number of amides is 1. The van der Waals surface area contributed by atoms with Crippen molar-refractivity contribution in [3.8, 4) is 0 Å². The molecule has 5 heteroatoms. The number of carbonyl (C=O) groups is 1. The number of unbranched alkanes of at least 4 members (excludes halogenated alkanes) is 1. The Kier molecular flexibility index (Phi) is 7.00. The van der Waals surface area contributed by atoms with Gasteiger partial charge in [-0.1, -0.05) is 37.1 Å². The van der Waals surface area contributed by atoms with Crippen molar-refractivity contribution in [2.24, 2.45) is 5.92 Å². The Morgan fingerprint density at radius 2 is 2.41 bits per heavy atom. The van der Waals surface area contributed by atoms with Crippen LogP contribution in [0.15, 0.2) is 24.3 Å². The quantitative estimate of drug-likeness (QED) is 0.780. The maximum atomic E-state index is 12.0. The van der Waals surface area contributed by atoms with Gasteiger partial charge in [0, 0.05) is 24.0 Å². The molecule has 0 aliphatic carbocycles. The van der Waals surface area contributed by atoms with Gasteiger partial charge >= 0.3 is 6.09 Å². The van der Waals surface area contributed by atoms with Gasteiger partial charge in [-0.25, -0.2) is 4.79 Å². The number of carbonyl (C=O) groups excluding carboxylic acids is 1. The first-order valence-corrected chi connectivity index (χ1v) is 8.49. The first kappa shape index (κ1) is 17.1.